The lowest BCUT2D eigenvalue weighted by Gasteiger charge is -2.15. The van der Waals surface area contributed by atoms with Crippen LogP contribution >= 0.6 is 11.6 Å². The van der Waals surface area contributed by atoms with E-state index in [0.717, 1.165) is 16.9 Å². The lowest BCUT2D eigenvalue weighted by molar-refractivity contribution is -0.123. The number of ether oxygens (including phenoxy) is 2. The predicted octanol–water partition coefficient (Wildman–Crippen LogP) is 4.35. The van der Waals surface area contributed by atoms with Gasteiger partial charge in [0, 0.05) is 0 Å². The molecule has 2 rings (SSSR count). The van der Waals surface area contributed by atoms with Crippen molar-refractivity contribution < 1.29 is 14.3 Å². The molecular weight excluding hydrogens is 338 g/mol. The van der Waals surface area contributed by atoms with Crippen LogP contribution in [0, 0.1) is 6.92 Å². The number of halogens is 1. The molecule has 2 aromatic carbocycles. The molecular formula is C20H24ClNO3. The van der Waals surface area contributed by atoms with Crippen LogP contribution in [0.15, 0.2) is 42.5 Å². The van der Waals surface area contributed by atoms with Crippen molar-refractivity contribution in [2.24, 2.45) is 0 Å². The third-order valence-corrected chi connectivity index (χ3v) is 3.98. The molecule has 0 fully saturated rings. The Kier molecular flexibility index (Phi) is 7.14. The minimum absolute atomic E-state index is 0.0186. The first-order valence-corrected chi connectivity index (χ1v) is 8.72. The number of carbonyl (C=O) groups excluding carboxylic acids is 1. The van der Waals surface area contributed by atoms with E-state index >= 15 is 0 Å². The summed E-state index contributed by atoms with van der Waals surface area (Å²) in [5.41, 5.74) is 2.20. The molecule has 0 bridgehead atoms. The molecule has 5 heteroatoms. The Morgan fingerprint density at radius 1 is 1.12 bits per heavy atom. The number of hydrogen-bond donors (Lipinski definition) is 1. The van der Waals surface area contributed by atoms with E-state index in [4.69, 9.17) is 21.1 Å². The molecule has 0 saturated heterocycles. The van der Waals surface area contributed by atoms with Crippen LogP contribution in [0.2, 0.25) is 5.02 Å². The van der Waals surface area contributed by atoms with E-state index in [-0.39, 0.29) is 12.5 Å². The molecule has 1 amide bonds. The average molecular weight is 362 g/mol. The van der Waals surface area contributed by atoms with Crippen LogP contribution in [0.1, 0.15) is 30.9 Å². The van der Waals surface area contributed by atoms with Gasteiger partial charge in [-0.25, -0.2) is 0 Å². The SMILES string of the molecule is Cc1ccc(C(C)C)c(OCC(=O)NCCOc2ccccc2Cl)c1. The monoisotopic (exact) mass is 361 g/mol. The van der Waals surface area contributed by atoms with Crippen molar-refractivity contribution in [2.45, 2.75) is 26.7 Å². The molecule has 0 heterocycles. The number of aryl methyl sites for hydroxylation is 1. The van der Waals surface area contributed by atoms with E-state index in [1.54, 1.807) is 12.1 Å². The first kappa shape index (κ1) is 19.1. The van der Waals surface area contributed by atoms with Gasteiger partial charge in [-0.3, -0.25) is 4.79 Å². The quantitative estimate of drug-likeness (QED) is 0.711. The molecule has 0 unspecified atom stereocenters. The van der Waals surface area contributed by atoms with Crippen LogP contribution in [0.4, 0.5) is 0 Å². The van der Waals surface area contributed by atoms with E-state index in [2.05, 4.69) is 19.2 Å². The highest BCUT2D eigenvalue weighted by Crippen LogP contribution is 2.27. The minimum atomic E-state index is -0.182. The molecule has 0 aromatic heterocycles. The second-order valence-electron chi connectivity index (χ2n) is 6.11. The normalized spacial score (nSPS) is 10.6. The maximum absolute atomic E-state index is 11.9. The second-order valence-corrected chi connectivity index (χ2v) is 6.52. The summed E-state index contributed by atoms with van der Waals surface area (Å²) in [6, 6.07) is 13.3. The maximum atomic E-state index is 11.9. The Balaban J connectivity index is 1.76. The van der Waals surface area contributed by atoms with Gasteiger partial charge in [0.1, 0.15) is 18.1 Å². The predicted molar refractivity (Wildman–Crippen MR) is 101 cm³/mol. The summed E-state index contributed by atoms with van der Waals surface area (Å²) in [7, 11) is 0. The van der Waals surface area contributed by atoms with Gasteiger partial charge in [0.25, 0.3) is 5.91 Å². The summed E-state index contributed by atoms with van der Waals surface area (Å²) in [6.45, 7) is 6.92. The topological polar surface area (TPSA) is 47.6 Å². The average Bonchev–Trinajstić information content (AvgIpc) is 2.58. The lowest BCUT2D eigenvalue weighted by atomic mass is 10.0. The molecule has 0 saturated carbocycles. The summed E-state index contributed by atoms with van der Waals surface area (Å²) in [5, 5.41) is 3.33. The third kappa shape index (κ3) is 5.98. The molecule has 0 aliphatic carbocycles. The minimum Gasteiger partial charge on any atom is -0.490 e. The first-order chi connectivity index (χ1) is 12.0. The highest BCUT2D eigenvalue weighted by Gasteiger charge is 2.10. The summed E-state index contributed by atoms with van der Waals surface area (Å²) in [4.78, 5) is 11.9. The Morgan fingerprint density at radius 2 is 1.88 bits per heavy atom. The number of rotatable bonds is 8. The van der Waals surface area contributed by atoms with E-state index < -0.39 is 0 Å². The zero-order valence-corrected chi connectivity index (χ0v) is 15.6. The lowest BCUT2D eigenvalue weighted by Crippen LogP contribution is -2.32. The van der Waals surface area contributed by atoms with Crippen LogP contribution in [-0.4, -0.2) is 25.7 Å². The van der Waals surface area contributed by atoms with Crippen molar-refractivity contribution in [3.05, 3.63) is 58.6 Å². The summed E-state index contributed by atoms with van der Waals surface area (Å²) in [6.07, 6.45) is 0. The molecule has 0 spiro atoms. The zero-order valence-electron chi connectivity index (χ0n) is 14.8. The summed E-state index contributed by atoms with van der Waals surface area (Å²) >= 11 is 6.00. The van der Waals surface area contributed by atoms with Crippen molar-refractivity contribution in [3.8, 4) is 11.5 Å². The Bertz CT molecular complexity index is 716. The van der Waals surface area contributed by atoms with Gasteiger partial charge in [-0.1, -0.05) is 49.7 Å². The van der Waals surface area contributed by atoms with Crippen LogP contribution in [0.5, 0.6) is 11.5 Å². The van der Waals surface area contributed by atoms with Crippen molar-refractivity contribution in [2.75, 3.05) is 19.8 Å². The van der Waals surface area contributed by atoms with E-state index in [1.165, 1.54) is 0 Å². The first-order valence-electron chi connectivity index (χ1n) is 8.34. The van der Waals surface area contributed by atoms with Crippen molar-refractivity contribution in [1.82, 2.24) is 5.32 Å². The molecule has 0 aliphatic rings. The molecule has 25 heavy (non-hydrogen) atoms. The van der Waals surface area contributed by atoms with E-state index in [9.17, 15) is 4.79 Å². The standard InChI is InChI=1S/C20H24ClNO3/c1-14(2)16-9-8-15(3)12-19(16)25-13-20(23)22-10-11-24-18-7-5-4-6-17(18)21/h4-9,12,14H,10-11,13H2,1-3H3,(H,22,23). The number of benzene rings is 2. The zero-order chi connectivity index (χ0) is 18.2. The molecule has 0 radical (unpaired) electrons. The highest BCUT2D eigenvalue weighted by atomic mass is 35.5. The Hall–Kier alpha value is -2.20. The second kappa shape index (κ2) is 9.33. The Morgan fingerprint density at radius 3 is 2.60 bits per heavy atom. The van der Waals surface area contributed by atoms with Gasteiger partial charge in [0.2, 0.25) is 0 Å². The molecule has 1 N–H and O–H groups in total. The van der Waals surface area contributed by atoms with Gasteiger partial charge in [-0.05, 0) is 42.2 Å². The maximum Gasteiger partial charge on any atom is 0.258 e. The Labute approximate surface area is 154 Å². The highest BCUT2D eigenvalue weighted by molar-refractivity contribution is 6.32. The number of nitrogens with one attached hydrogen (secondary N) is 1. The van der Waals surface area contributed by atoms with E-state index in [0.29, 0.717) is 29.8 Å². The van der Waals surface area contributed by atoms with E-state index in [1.807, 2.05) is 37.3 Å². The largest absolute Gasteiger partial charge is 0.490 e. The molecule has 4 nitrogen and oxygen atoms in total. The third-order valence-electron chi connectivity index (χ3n) is 3.67. The van der Waals surface area contributed by atoms with Crippen LogP contribution in [0.3, 0.4) is 0 Å². The summed E-state index contributed by atoms with van der Waals surface area (Å²) in [5.74, 6) is 1.52. The van der Waals surface area contributed by atoms with Gasteiger partial charge >= 0.3 is 0 Å². The smallest absolute Gasteiger partial charge is 0.258 e. The summed E-state index contributed by atoms with van der Waals surface area (Å²) < 4.78 is 11.2. The van der Waals surface area contributed by atoms with Gasteiger partial charge < -0.3 is 14.8 Å². The van der Waals surface area contributed by atoms with Crippen LogP contribution in [-0.2, 0) is 4.79 Å². The van der Waals surface area contributed by atoms with Gasteiger partial charge in [-0.15, -0.1) is 0 Å². The van der Waals surface area contributed by atoms with Crippen molar-refractivity contribution in [1.29, 1.82) is 0 Å². The molecule has 134 valence electrons. The van der Waals surface area contributed by atoms with Gasteiger partial charge in [-0.2, -0.15) is 0 Å². The van der Waals surface area contributed by atoms with Crippen LogP contribution < -0.4 is 14.8 Å². The fourth-order valence-corrected chi connectivity index (χ4v) is 2.54. The fraction of sp³-hybridized carbons (Fsp3) is 0.350. The van der Waals surface area contributed by atoms with Crippen molar-refractivity contribution in [3.63, 3.8) is 0 Å². The fourth-order valence-electron chi connectivity index (χ4n) is 2.35. The number of para-hydroxylation sites is 1. The molecule has 0 atom stereocenters. The molecule has 0 aliphatic heterocycles. The van der Waals surface area contributed by atoms with Gasteiger partial charge in [0.15, 0.2) is 6.61 Å². The number of amides is 1. The number of hydrogen-bond acceptors (Lipinski definition) is 3. The van der Waals surface area contributed by atoms with Crippen LogP contribution in [0.25, 0.3) is 0 Å². The number of carbonyl (C=O) groups is 1. The molecule has 2 aromatic rings. The van der Waals surface area contributed by atoms with Gasteiger partial charge in [0.05, 0.1) is 11.6 Å². The van der Waals surface area contributed by atoms with Crippen molar-refractivity contribution >= 4 is 17.5 Å².